The van der Waals surface area contributed by atoms with Crippen LogP contribution in [0.4, 0.5) is 8.78 Å². The number of nitrogens with zero attached hydrogens (tertiary/aromatic N) is 4. The molecular formula is C21H24F2N4O. The lowest BCUT2D eigenvalue weighted by Gasteiger charge is -2.40. The van der Waals surface area contributed by atoms with Crippen molar-refractivity contribution in [1.82, 2.24) is 19.8 Å². The average molecular weight is 386 g/mol. The minimum absolute atomic E-state index is 0.00976. The van der Waals surface area contributed by atoms with Crippen molar-refractivity contribution in [3.05, 3.63) is 59.2 Å². The van der Waals surface area contributed by atoms with Crippen molar-refractivity contribution in [2.75, 3.05) is 26.2 Å². The SMILES string of the molecule is Cc1cnc(C(=O)N2CC[C@]3(CCCN(Cc4cccc(F)c4F)C3)C2)cn1. The molecule has 0 radical (unpaired) electrons. The molecule has 7 heteroatoms. The minimum Gasteiger partial charge on any atom is -0.337 e. The number of carbonyl (C=O) groups is 1. The molecule has 2 aromatic rings. The number of likely N-dealkylation sites (tertiary alicyclic amines) is 2. The molecule has 0 unspecified atom stereocenters. The minimum atomic E-state index is -0.805. The molecule has 1 aromatic heterocycles. The molecule has 0 aliphatic carbocycles. The van der Waals surface area contributed by atoms with Crippen LogP contribution in [0.3, 0.4) is 0 Å². The van der Waals surface area contributed by atoms with Crippen LogP contribution in [0.25, 0.3) is 0 Å². The highest BCUT2D eigenvalue weighted by molar-refractivity contribution is 5.92. The van der Waals surface area contributed by atoms with Crippen molar-refractivity contribution in [3.63, 3.8) is 0 Å². The lowest BCUT2D eigenvalue weighted by Crippen LogP contribution is -2.45. The van der Waals surface area contributed by atoms with Gasteiger partial charge in [-0.15, -0.1) is 0 Å². The van der Waals surface area contributed by atoms with Crippen LogP contribution < -0.4 is 0 Å². The topological polar surface area (TPSA) is 49.3 Å². The van der Waals surface area contributed by atoms with Crippen LogP contribution in [0.2, 0.25) is 0 Å². The van der Waals surface area contributed by atoms with Crippen LogP contribution in [0.5, 0.6) is 0 Å². The molecule has 1 amide bonds. The molecule has 1 aromatic carbocycles. The predicted octanol–water partition coefficient (Wildman–Crippen LogP) is 3.19. The fraction of sp³-hybridized carbons (Fsp3) is 0.476. The number of halogens is 2. The number of hydrogen-bond donors (Lipinski definition) is 0. The summed E-state index contributed by atoms with van der Waals surface area (Å²) in [7, 11) is 0. The molecule has 1 atom stereocenters. The Morgan fingerprint density at radius 2 is 2.00 bits per heavy atom. The first kappa shape index (κ1) is 18.9. The number of aryl methyl sites for hydroxylation is 1. The summed E-state index contributed by atoms with van der Waals surface area (Å²) in [5, 5.41) is 0. The summed E-state index contributed by atoms with van der Waals surface area (Å²) in [6.45, 7) is 5.23. The van der Waals surface area contributed by atoms with Gasteiger partial charge in [-0.2, -0.15) is 0 Å². The summed E-state index contributed by atoms with van der Waals surface area (Å²) in [6, 6.07) is 4.33. The van der Waals surface area contributed by atoms with Gasteiger partial charge in [-0.25, -0.2) is 13.8 Å². The van der Waals surface area contributed by atoms with Gasteiger partial charge in [0.05, 0.1) is 11.9 Å². The number of benzene rings is 1. The van der Waals surface area contributed by atoms with Crippen molar-refractivity contribution >= 4 is 5.91 Å². The van der Waals surface area contributed by atoms with Gasteiger partial charge in [0.2, 0.25) is 0 Å². The van der Waals surface area contributed by atoms with E-state index >= 15 is 0 Å². The molecule has 0 bridgehead atoms. The van der Waals surface area contributed by atoms with Gasteiger partial charge in [-0.05, 0) is 38.8 Å². The number of rotatable bonds is 3. The fourth-order valence-corrected chi connectivity index (χ4v) is 4.46. The van der Waals surface area contributed by atoms with Crippen LogP contribution in [0, 0.1) is 24.0 Å². The Kier molecular flexibility index (Phi) is 5.10. The zero-order valence-corrected chi connectivity index (χ0v) is 16.0. The van der Waals surface area contributed by atoms with Crippen LogP contribution in [0.1, 0.15) is 41.0 Å². The monoisotopic (exact) mass is 386 g/mol. The molecule has 2 aliphatic rings. The Labute approximate surface area is 163 Å². The molecule has 2 fully saturated rings. The molecule has 4 rings (SSSR count). The maximum atomic E-state index is 14.0. The number of amides is 1. The number of hydrogen-bond acceptors (Lipinski definition) is 4. The third-order valence-corrected chi connectivity index (χ3v) is 5.89. The van der Waals surface area contributed by atoms with E-state index < -0.39 is 11.6 Å². The fourth-order valence-electron chi connectivity index (χ4n) is 4.46. The zero-order chi connectivity index (χ0) is 19.7. The average Bonchev–Trinajstić information content (AvgIpc) is 3.09. The van der Waals surface area contributed by atoms with Crippen LogP contribution in [-0.2, 0) is 6.54 Å². The maximum Gasteiger partial charge on any atom is 0.274 e. The van der Waals surface area contributed by atoms with E-state index in [1.165, 1.54) is 6.20 Å². The summed E-state index contributed by atoms with van der Waals surface area (Å²) >= 11 is 0. The van der Waals surface area contributed by atoms with Gasteiger partial charge >= 0.3 is 0 Å². The Balaban J connectivity index is 1.43. The Hall–Kier alpha value is -2.41. The van der Waals surface area contributed by atoms with Crippen molar-refractivity contribution in [2.45, 2.75) is 32.7 Å². The molecule has 148 valence electrons. The summed E-state index contributed by atoms with van der Waals surface area (Å²) in [4.78, 5) is 25.2. The van der Waals surface area contributed by atoms with E-state index in [1.807, 2.05) is 11.8 Å². The highest BCUT2D eigenvalue weighted by Crippen LogP contribution is 2.39. The molecule has 5 nitrogen and oxygen atoms in total. The highest BCUT2D eigenvalue weighted by atomic mass is 19.2. The quantitative estimate of drug-likeness (QED) is 0.813. The highest BCUT2D eigenvalue weighted by Gasteiger charge is 2.43. The van der Waals surface area contributed by atoms with Gasteiger partial charge in [0, 0.05) is 43.4 Å². The molecule has 2 saturated heterocycles. The number of carbonyl (C=O) groups excluding carboxylic acids is 1. The molecule has 3 heterocycles. The van der Waals surface area contributed by atoms with Crippen LogP contribution in [-0.4, -0.2) is 51.9 Å². The lowest BCUT2D eigenvalue weighted by molar-refractivity contribution is 0.0668. The molecule has 0 saturated carbocycles. The first-order valence-corrected chi connectivity index (χ1v) is 9.69. The predicted molar refractivity (Wildman–Crippen MR) is 101 cm³/mol. The molecule has 28 heavy (non-hydrogen) atoms. The first-order valence-electron chi connectivity index (χ1n) is 9.69. The van der Waals surface area contributed by atoms with E-state index in [0.29, 0.717) is 30.9 Å². The molecule has 2 aliphatic heterocycles. The Bertz CT molecular complexity index is 873. The van der Waals surface area contributed by atoms with Crippen molar-refractivity contribution in [1.29, 1.82) is 0 Å². The zero-order valence-electron chi connectivity index (χ0n) is 16.0. The molecule has 1 spiro atoms. The second kappa shape index (κ2) is 7.54. The van der Waals surface area contributed by atoms with E-state index in [9.17, 15) is 13.6 Å². The van der Waals surface area contributed by atoms with E-state index in [1.54, 1.807) is 18.3 Å². The van der Waals surface area contributed by atoms with Crippen LogP contribution in [0.15, 0.2) is 30.6 Å². The van der Waals surface area contributed by atoms with Gasteiger partial charge < -0.3 is 4.90 Å². The third-order valence-electron chi connectivity index (χ3n) is 5.89. The number of aromatic nitrogens is 2. The second-order valence-corrected chi connectivity index (χ2v) is 8.05. The van der Waals surface area contributed by atoms with Gasteiger partial charge in [-0.3, -0.25) is 14.7 Å². The summed E-state index contributed by atoms with van der Waals surface area (Å²) in [6.07, 6.45) is 6.08. The first-order chi connectivity index (χ1) is 13.5. The lowest BCUT2D eigenvalue weighted by atomic mass is 9.79. The summed E-state index contributed by atoms with van der Waals surface area (Å²) < 4.78 is 27.5. The van der Waals surface area contributed by atoms with Crippen LogP contribution >= 0.6 is 0 Å². The van der Waals surface area contributed by atoms with Gasteiger partial charge in [0.15, 0.2) is 11.6 Å². The largest absolute Gasteiger partial charge is 0.337 e. The summed E-state index contributed by atoms with van der Waals surface area (Å²) in [5.74, 6) is -1.65. The standard InChI is InChI=1S/C21H24F2N4O/c1-15-10-25-18(11-24-15)20(28)27-9-7-21(14-27)6-3-8-26(13-21)12-16-4-2-5-17(22)19(16)23/h2,4-5,10-11H,3,6-9,12-14H2,1H3/t21-/m0/s1. The Morgan fingerprint density at radius 3 is 2.79 bits per heavy atom. The molecular weight excluding hydrogens is 362 g/mol. The number of piperidine rings is 1. The molecule has 0 N–H and O–H groups in total. The summed E-state index contributed by atoms with van der Waals surface area (Å²) in [5.41, 5.74) is 1.55. The normalized spacial score (nSPS) is 22.8. The Morgan fingerprint density at radius 1 is 1.14 bits per heavy atom. The van der Waals surface area contributed by atoms with E-state index in [2.05, 4.69) is 14.9 Å². The third kappa shape index (κ3) is 3.76. The van der Waals surface area contributed by atoms with Gasteiger partial charge in [0.1, 0.15) is 5.69 Å². The second-order valence-electron chi connectivity index (χ2n) is 8.05. The van der Waals surface area contributed by atoms with Gasteiger partial charge in [-0.1, -0.05) is 12.1 Å². The van der Waals surface area contributed by atoms with Crippen molar-refractivity contribution in [3.8, 4) is 0 Å². The van der Waals surface area contributed by atoms with Gasteiger partial charge in [0.25, 0.3) is 5.91 Å². The van der Waals surface area contributed by atoms with Crippen molar-refractivity contribution in [2.24, 2.45) is 5.41 Å². The smallest absolute Gasteiger partial charge is 0.274 e. The van der Waals surface area contributed by atoms with E-state index in [-0.39, 0.29) is 11.3 Å². The maximum absolute atomic E-state index is 14.0. The van der Waals surface area contributed by atoms with E-state index in [4.69, 9.17) is 0 Å². The van der Waals surface area contributed by atoms with E-state index in [0.717, 1.165) is 44.1 Å². The van der Waals surface area contributed by atoms with Crippen molar-refractivity contribution < 1.29 is 13.6 Å².